The molecule has 4 aromatic carbocycles. The van der Waals surface area contributed by atoms with E-state index in [1.807, 2.05) is 61.5 Å². The molecule has 8 heteroatoms. The molecule has 0 saturated carbocycles. The Morgan fingerprint density at radius 2 is 1.71 bits per heavy atom. The molecule has 0 radical (unpaired) electrons. The van der Waals surface area contributed by atoms with Gasteiger partial charge in [0.25, 0.3) is 5.56 Å². The number of aromatic nitrogens is 1. The summed E-state index contributed by atoms with van der Waals surface area (Å²) in [6.45, 7) is 1.94. The maximum absolute atomic E-state index is 14.0. The Bertz CT molecular complexity index is 2010. The summed E-state index contributed by atoms with van der Waals surface area (Å²) in [5.41, 5.74) is 3.58. The highest BCUT2D eigenvalue weighted by atomic mass is 32.2. The van der Waals surface area contributed by atoms with Gasteiger partial charge in [0, 0.05) is 10.6 Å². The molecule has 0 saturated heterocycles. The number of rotatable bonds is 7. The van der Waals surface area contributed by atoms with Crippen molar-refractivity contribution >= 4 is 45.9 Å². The number of fused-ring (bicyclic) bond motifs is 2. The molecular formula is C34H27FN2O3S2. The summed E-state index contributed by atoms with van der Waals surface area (Å²) in [5.74, 6) is -0.0194. The van der Waals surface area contributed by atoms with Crippen LogP contribution in [0, 0.1) is 5.82 Å². The van der Waals surface area contributed by atoms with Crippen LogP contribution in [-0.2, 0) is 15.3 Å². The van der Waals surface area contributed by atoms with E-state index in [1.54, 1.807) is 28.5 Å². The number of thioether (sulfide) groups is 1. The maximum Gasteiger partial charge on any atom is 0.338 e. The van der Waals surface area contributed by atoms with Gasteiger partial charge in [-0.2, -0.15) is 0 Å². The van der Waals surface area contributed by atoms with Crippen LogP contribution in [0.4, 0.5) is 4.39 Å². The molecule has 210 valence electrons. The van der Waals surface area contributed by atoms with Crippen molar-refractivity contribution in [1.29, 1.82) is 0 Å². The molecule has 2 heterocycles. The molecule has 0 N–H and O–H groups in total. The van der Waals surface area contributed by atoms with Gasteiger partial charge in [-0.25, -0.2) is 14.2 Å². The van der Waals surface area contributed by atoms with Gasteiger partial charge in [0.15, 0.2) is 4.80 Å². The van der Waals surface area contributed by atoms with Gasteiger partial charge in [-0.15, -0.1) is 11.8 Å². The fraction of sp³-hybridized carbons (Fsp3) is 0.147. The summed E-state index contributed by atoms with van der Waals surface area (Å²) in [6.07, 6.45) is 2.44. The smallest absolute Gasteiger partial charge is 0.338 e. The molecule has 1 aliphatic rings. The number of thiazole rings is 1. The Kier molecular flexibility index (Phi) is 7.91. The van der Waals surface area contributed by atoms with Crippen LogP contribution in [0.2, 0.25) is 0 Å². The van der Waals surface area contributed by atoms with Crippen molar-refractivity contribution in [1.82, 2.24) is 4.57 Å². The lowest BCUT2D eigenvalue weighted by molar-refractivity contribution is -0.136. The largest absolute Gasteiger partial charge is 0.466 e. The van der Waals surface area contributed by atoms with Crippen molar-refractivity contribution in [2.24, 2.45) is 4.99 Å². The normalized spacial score (nSPS) is 15.0. The first-order valence-corrected chi connectivity index (χ1v) is 15.4. The quantitative estimate of drug-likeness (QED) is 0.162. The lowest BCUT2D eigenvalue weighted by atomic mass is 9.95. The molecule has 6 rings (SSSR count). The van der Waals surface area contributed by atoms with Gasteiger partial charge < -0.3 is 4.74 Å². The summed E-state index contributed by atoms with van der Waals surface area (Å²) >= 11 is 3.01. The number of carbonyl (C=O) groups excluding carboxylic acids is 1. The van der Waals surface area contributed by atoms with E-state index in [9.17, 15) is 14.0 Å². The third-order valence-electron chi connectivity index (χ3n) is 7.28. The van der Waals surface area contributed by atoms with E-state index in [2.05, 4.69) is 18.2 Å². The molecule has 1 aliphatic heterocycles. The number of allylic oxidation sites excluding steroid dienone is 1. The third kappa shape index (κ3) is 5.24. The highest BCUT2D eigenvalue weighted by molar-refractivity contribution is 7.98. The van der Waals surface area contributed by atoms with E-state index in [1.165, 1.54) is 30.6 Å². The first-order chi connectivity index (χ1) is 20.5. The number of esters is 1. The number of ether oxygens (including phenoxy) is 1. The van der Waals surface area contributed by atoms with Gasteiger partial charge >= 0.3 is 5.97 Å². The second kappa shape index (κ2) is 11.9. The Morgan fingerprint density at radius 1 is 1.00 bits per heavy atom. The van der Waals surface area contributed by atoms with Crippen LogP contribution < -0.4 is 14.9 Å². The Hall–Kier alpha value is -4.27. The Labute approximate surface area is 250 Å². The van der Waals surface area contributed by atoms with Crippen LogP contribution in [0.5, 0.6) is 0 Å². The molecule has 0 fully saturated rings. The predicted molar refractivity (Wildman–Crippen MR) is 167 cm³/mol. The van der Waals surface area contributed by atoms with Gasteiger partial charge in [0.05, 0.1) is 29.0 Å². The van der Waals surface area contributed by atoms with E-state index < -0.39 is 12.0 Å². The number of benzene rings is 4. The maximum atomic E-state index is 14.0. The SMILES string of the molecule is CCC1=C(C(=O)OC)[C@H](c2ccccc2)n2c(s/c(=C\c3ccc(SCc4ccc(F)cc4)c4ccccc34)c2=O)=N1. The number of methoxy groups -OCH3 is 1. The molecule has 0 amide bonds. The van der Waals surface area contributed by atoms with Crippen molar-refractivity contribution in [3.8, 4) is 0 Å². The fourth-order valence-corrected chi connectivity index (χ4v) is 7.27. The van der Waals surface area contributed by atoms with Gasteiger partial charge in [-0.3, -0.25) is 9.36 Å². The predicted octanol–water partition coefficient (Wildman–Crippen LogP) is 6.38. The average Bonchev–Trinajstić information content (AvgIpc) is 3.34. The van der Waals surface area contributed by atoms with E-state index in [0.717, 1.165) is 32.4 Å². The second-order valence-corrected chi connectivity index (χ2v) is 11.8. The summed E-state index contributed by atoms with van der Waals surface area (Å²) < 4.78 is 20.6. The lowest BCUT2D eigenvalue weighted by Gasteiger charge is -2.25. The monoisotopic (exact) mass is 594 g/mol. The highest BCUT2D eigenvalue weighted by Gasteiger charge is 2.33. The molecule has 1 atom stereocenters. The summed E-state index contributed by atoms with van der Waals surface area (Å²) in [5, 5.41) is 2.10. The van der Waals surface area contributed by atoms with Gasteiger partial charge in [-0.1, -0.05) is 91.1 Å². The van der Waals surface area contributed by atoms with E-state index in [-0.39, 0.29) is 11.4 Å². The molecule has 0 bridgehead atoms. The van der Waals surface area contributed by atoms with Crippen LogP contribution in [0.3, 0.4) is 0 Å². The molecule has 0 spiro atoms. The summed E-state index contributed by atoms with van der Waals surface area (Å²) in [4.78, 5) is 33.4. The second-order valence-electron chi connectivity index (χ2n) is 9.81. The first-order valence-electron chi connectivity index (χ1n) is 13.6. The zero-order chi connectivity index (χ0) is 29.2. The van der Waals surface area contributed by atoms with Gasteiger partial charge in [0.2, 0.25) is 0 Å². The van der Waals surface area contributed by atoms with Crippen molar-refractivity contribution in [2.75, 3.05) is 7.11 Å². The highest BCUT2D eigenvalue weighted by Crippen LogP contribution is 2.34. The van der Waals surface area contributed by atoms with Crippen molar-refractivity contribution in [2.45, 2.75) is 30.0 Å². The van der Waals surface area contributed by atoms with Crippen molar-refractivity contribution in [3.05, 3.63) is 144 Å². The number of hydrogen-bond donors (Lipinski definition) is 0. The number of carbonyl (C=O) groups is 1. The third-order valence-corrected chi connectivity index (χ3v) is 9.41. The van der Waals surface area contributed by atoms with Crippen LogP contribution in [0.15, 0.2) is 117 Å². The van der Waals surface area contributed by atoms with Crippen molar-refractivity contribution in [3.63, 3.8) is 0 Å². The summed E-state index contributed by atoms with van der Waals surface area (Å²) in [7, 11) is 1.35. The zero-order valence-corrected chi connectivity index (χ0v) is 24.7. The Morgan fingerprint density at radius 3 is 2.43 bits per heavy atom. The minimum absolute atomic E-state index is 0.206. The molecule has 0 unspecified atom stereocenters. The lowest BCUT2D eigenvalue weighted by Crippen LogP contribution is -2.40. The van der Waals surface area contributed by atoms with Gasteiger partial charge in [0.1, 0.15) is 5.82 Å². The Balaban J connectivity index is 1.46. The molecule has 5 aromatic rings. The van der Waals surface area contributed by atoms with Crippen LogP contribution >= 0.6 is 23.1 Å². The van der Waals surface area contributed by atoms with E-state index >= 15 is 0 Å². The van der Waals surface area contributed by atoms with Crippen LogP contribution in [0.25, 0.3) is 16.8 Å². The molecule has 5 nitrogen and oxygen atoms in total. The van der Waals surface area contributed by atoms with Crippen molar-refractivity contribution < 1.29 is 13.9 Å². The number of nitrogens with zero attached hydrogens (tertiary/aromatic N) is 2. The first kappa shape index (κ1) is 27.9. The number of hydrogen-bond acceptors (Lipinski definition) is 6. The van der Waals surface area contributed by atoms with Crippen LogP contribution in [0.1, 0.15) is 36.1 Å². The minimum Gasteiger partial charge on any atom is -0.466 e. The van der Waals surface area contributed by atoms with E-state index in [0.29, 0.717) is 32.8 Å². The van der Waals surface area contributed by atoms with Crippen LogP contribution in [-0.4, -0.2) is 17.6 Å². The zero-order valence-electron chi connectivity index (χ0n) is 23.0. The molecule has 42 heavy (non-hydrogen) atoms. The average molecular weight is 595 g/mol. The van der Waals surface area contributed by atoms with Gasteiger partial charge in [-0.05, 0) is 58.2 Å². The number of halogens is 1. The topological polar surface area (TPSA) is 60.7 Å². The molecule has 0 aliphatic carbocycles. The molecule has 1 aromatic heterocycles. The summed E-state index contributed by atoms with van der Waals surface area (Å²) in [6, 6.07) is 27.7. The fourth-order valence-electron chi connectivity index (χ4n) is 5.24. The van der Waals surface area contributed by atoms with E-state index in [4.69, 9.17) is 9.73 Å². The minimum atomic E-state index is -0.631. The molecular weight excluding hydrogens is 568 g/mol. The standard InChI is InChI=1S/C34H27FN2O3S2/c1-3-27-30(33(39)40-2)31(22-9-5-4-6-10-22)37-32(38)29(42-34(37)36-27)19-23-15-18-28(26-12-8-7-11-25(23)26)41-20-21-13-16-24(35)17-14-21/h4-19,31H,3,20H2,1-2H3/b29-19-/t31-/m0/s1.